The molecule has 0 radical (unpaired) electrons. The fraction of sp³-hybridized carbons (Fsp3) is 0.235. The van der Waals surface area contributed by atoms with Gasteiger partial charge in [-0.25, -0.2) is 33.2 Å². The number of hydrogen-bond acceptors (Lipinski definition) is 8. The van der Waals surface area contributed by atoms with Gasteiger partial charge in [0.15, 0.2) is 11.6 Å². The molecule has 14 heteroatoms. The first-order chi connectivity index (χ1) is 23.1. The molecule has 4 aromatic heterocycles. The lowest BCUT2D eigenvalue weighted by molar-refractivity contribution is 0.0697. The van der Waals surface area contributed by atoms with Crippen LogP contribution < -0.4 is 4.74 Å². The Labute approximate surface area is 277 Å². The summed E-state index contributed by atoms with van der Waals surface area (Å²) in [6.07, 6.45) is 4.77. The first kappa shape index (κ1) is 31.3. The minimum absolute atomic E-state index is 0.109. The number of benzene rings is 2. The van der Waals surface area contributed by atoms with E-state index >= 15 is 4.39 Å². The number of aromatic carboxylic acids is 1. The Morgan fingerprint density at radius 3 is 2.65 bits per heavy atom. The number of imidazole rings is 1. The highest BCUT2D eigenvalue weighted by molar-refractivity contribution is 6.31. The molecule has 0 bridgehead atoms. The first-order valence-corrected chi connectivity index (χ1v) is 15.4. The van der Waals surface area contributed by atoms with Crippen LogP contribution in [0.25, 0.3) is 28.1 Å². The summed E-state index contributed by atoms with van der Waals surface area (Å²) >= 11 is 6.40. The van der Waals surface area contributed by atoms with E-state index in [0.29, 0.717) is 63.3 Å². The van der Waals surface area contributed by atoms with Crippen molar-refractivity contribution in [3.05, 3.63) is 112 Å². The number of ether oxygens (including phenoxy) is 2. The lowest BCUT2D eigenvalue weighted by Crippen LogP contribution is -2.27. The van der Waals surface area contributed by atoms with Crippen LogP contribution >= 0.6 is 11.6 Å². The molecule has 2 aromatic carbocycles. The van der Waals surface area contributed by atoms with Gasteiger partial charge in [0.05, 0.1) is 59.0 Å². The number of hydrogen-bond donors (Lipinski definition) is 1. The van der Waals surface area contributed by atoms with Crippen LogP contribution in [0.15, 0.2) is 73.2 Å². The smallest absolute Gasteiger partial charge is 0.335 e. The van der Waals surface area contributed by atoms with Crippen LogP contribution in [0.1, 0.15) is 47.2 Å². The standard InChI is InChI=1S/C34H28ClF2N7O4/c1-34(2)18-47-17-29(34)44-28-12-21(33(45)46)5-7-27(28)40-31(44)13-19-3-4-20(11-25(19)37)26-8-6-24(36)32(41-26)48-16-22-15-38-30(14-23(22)35)43-10-9-39-42-43/h3-12,14-15,29H,13,16-18H2,1-2H3,(H,45,46). The van der Waals surface area contributed by atoms with Crippen molar-refractivity contribution in [2.24, 2.45) is 5.41 Å². The summed E-state index contributed by atoms with van der Waals surface area (Å²) in [5.41, 5.74) is 2.74. The number of rotatable bonds is 9. The third-order valence-corrected chi connectivity index (χ3v) is 8.77. The fourth-order valence-corrected chi connectivity index (χ4v) is 5.99. The van der Waals surface area contributed by atoms with E-state index in [1.54, 1.807) is 36.5 Å². The molecule has 6 aromatic rings. The number of carboxylic acid groups (broad SMARTS) is 1. The van der Waals surface area contributed by atoms with Gasteiger partial charge >= 0.3 is 5.97 Å². The molecule has 11 nitrogen and oxygen atoms in total. The molecule has 0 amide bonds. The lowest BCUT2D eigenvalue weighted by Gasteiger charge is -2.28. The highest BCUT2D eigenvalue weighted by Gasteiger charge is 2.39. The maximum Gasteiger partial charge on any atom is 0.335 e. The van der Waals surface area contributed by atoms with Crippen LogP contribution in [0, 0.1) is 17.0 Å². The molecule has 5 heterocycles. The Balaban J connectivity index is 1.14. The molecule has 7 rings (SSSR count). The Bertz CT molecular complexity index is 2170. The molecule has 0 saturated carbocycles. The summed E-state index contributed by atoms with van der Waals surface area (Å²) in [5, 5.41) is 17.6. The minimum atomic E-state index is -1.04. The topological polar surface area (TPSA) is 130 Å². The van der Waals surface area contributed by atoms with E-state index in [9.17, 15) is 14.3 Å². The second-order valence-electron chi connectivity index (χ2n) is 12.2. The predicted molar refractivity (Wildman–Crippen MR) is 171 cm³/mol. The van der Waals surface area contributed by atoms with Crippen LogP contribution in [0.4, 0.5) is 8.78 Å². The molecular weight excluding hydrogens is 644 g/mol. The van der Waals surface area contributed by atoms with E-state index in [2.05, 4.69) is 34.1 Å². The van der Waals surface area contributed by atoms with Crippen molar-refractivity contribution in [3.8, 4) is 23.0 Å². The minimum Gasteiger partial charge on any atom is -0.478 e. The van der Waals surface area contributed by atoms with Gasteiger partial charge in [-0.2, -0.15) is 0 Å². The summed E-state index contributed by atoms with van der Waals surface area (Å²) < 4.78 is 45.4. The number of carboxylic acids is 1. The Morgan fingerprint density at radius 1 is 1.08 bits per heavy atom. The van der Waals surface area contributed by atoms with Gasteiger partial charge < -0.3 is 19.1 Å². The predicted octanol–water partition coefficient (Wildman–Crippen LogP) is 6.47. The molecule has 1 fully saturated rings. The second kappa shape index (κ2) is 12.4. The fourth-order valence-electron chi connectivity index (χ4n) is 5.79. The van der Waals surface area contributed by atoms with Crippen LogP contribution in [0.2, 0.25) is 5.02 Å². The number of nitrogens with zero attached hydrogens (tertiary/aromatic N) is 7. The second-order valence-corrected chi connectivity index (χ2v) is 12.6. The van der Waals surface area contributed by atoms with E-state index in [1.807, 2.05) is 4.57 Å². The van der Waals surface area contributed by atoms with Crippen LogP contribution in [-0.2, 0) is 17.8 Å². The van der Waals surface area contributed by atoms with E-state index in [0.717, 1.165) is 0 Å². The van der Waals surface area contributed by atoms with Crippen molar-refractivity contribution < 1.29 is 28.2 Å². The molecule has 0 aliphatic carbocycles. The molecular formula is C34H28ClF2N7O4. The molecule has 1 atom stereocenters. The molecule has 48 heavy (non-hydrogen) atoms. The average molecular weight is 672 g/mol. The van der Waals surface area contributed by atoms with Gasteiger partial charge in [0.2, 0.25) is 0 Å². The molecule has 1 aliphatic heterocycles. The molecule has 0 spiro atoms. The number of pyridine rings is 2. The maximum atomic E-state index is 15.7. The first-order valence-electron chi connectivity index (χ1n) is 15.0. The molecule has 1 N–H and O–H groups in total. The van der Waals surface area contributed by atoms with Crippen LogP contribution in [0.3, 0.4) is 0 Å². The summed E-state index contributed by atoms with van der Waals surface area (Å²) in [4.78, 5) is 25.1. The zero-order chi connectivity index (χ0) is 33.6. The van der Waals surface area contributed by atoms with Gasteiger partial charge in [-0.1, -0.05) is 42.8 Å². The van der Waals surface area contributed by atoms with Gasteiger partial charge in [-0.15, -0.1) is 5.10 Å². The largest absolute Gasteiger partial charge is 0.478 e. The van der Waals surface area contributed by atoms with Crippen molar-refractivity contribution in [1.29, 1.82) is 0 Å². The molecule has 1 unspecified atom stereocenters. The normalized spacial score (nSPS) is 15.6. The monoisotopic (exact) mass is 671 g/mol. The SMILES string of the molecule is CC1(C)COCC1n1c(Cc2ccc(-c3ccc(F)c(OCc4cnc(-n5ccnn5)cc4Cl)n3)cc2F)nc2ccc(C(=O)O)cc21. The van der Waals surface area contributed by atoms with Crippen LogP contribution in [0.5, 0.6) is 5.88 Å². The van der Waals surface area contributed by atoms with Gasteiger partial charge in [0.25, 0.3) is 5.88 Å². The van der Waals surface area contributed by atoms with Crippen molar-refractivity contribution >= 4 is 28.6 Å². The number of fused-ring (bicyclic) bond motifs is 1. The van der Waals surface area contributed by atoms with Gasteiger partial charge in [0, 0.05) is 35.2 Å². The number of aromatic nitrogens is 7. The lowest BCUT2D eigenvalue weighted by atomic mass is 9.87. The van der Waals surface area contributed by atoms with E-state index < -0.39 is 17.6 Å². The van der Waals surface area contributed by atoms with Crippen LogP contribution in [-0.4, -0.2) is 58.8 Å². The van der Waals surface area contributed by atoms with E-state index in [-0.39, 0.29) is 35.9 Å². The van der Waals surface area contributed by atoms with Crippen molar-refractivity contribution in [3.63, 3.8) is 0 Å². The molecule has 244 valence electrons. The zero-order valence-corrected chi connectivity index (χ0v) is 26.5. The average Bonchev–Trinajstić information content (AvgIpc) is 3.80. The quantitative estimate of drug-likeness (QED) is 0.184. The molecule has 1 aliphatic rings. The number of carbonyl (C=O) groups is 1. The van der Waals surface area contributed by atoms with E-state index in [1.165, 1.54) is 41.3 Å². The van der Waals surface area contributed by atoms with Gasteiger partial charge in [-0.3, -0.25) is 0 Å². The van der Waals surface area contributed by atoms with Crippen molar-refractivity contribution in [1.82, 2.24) is 34.5 Å². The zero-order valence-electron chi connectivity index (χ0n) is 25.8. The highest BCUT2D eigenvalue weighted by atomic mass is 35.5. The third-order valence-electron chi connectivity index (χ3n) is 8.42. The highest BCUT2D eigenvalue weighted by Crippen LogP contribution is 2.40. The molecule has 1 saturated heterocycles. The van der Waals surface area contributed by atoms with E-state index in [4.69, 9.17) is 26.1 Å². The van der Waals surface area contributed by atoms with Gasteiger partial charge in [0.1, 0.15) is 18.2 Å². The Kier molecular flexibility index (Phi) is 8.09. The maximum absolute atomic E-state index is 15.7. The third kappa shape index (κ3) is 5.98. The van der Waals surface area contributed by atoms with Crippen molar-refractivity contribution in [2.75, 3.05) is 13.2 Å². The van der Waals surface area contributed by atoms with Crippen molar-refractivity contribution in [2.45, 2.75) is 32.9 Å². The summed E-state index contributed by atoms with van der Waals surface area (Å²) in [7, 11) is 0. The number of halogens is 3. The summed E-state index contributed by atoms with van der Waals surface area (Å²) in [5.74, 6) is -1.47. The summed E-state index contributed by atoms with van der Waals surface area (Å²) in [6.45, 7) is 4.98. The Hall–Kier alpha value is -5.27. The summed E-state index contributed by atoms with van der Waals surface area (Å²) in [6, 6.07) is 13.5. The van der Waals surface area contributed by atoms with Gasteiger partial charge in [-0.05, 0) is 42.0 Å². The Morgan fingerprint density at radius 2 is 1.94 bits per heavy atom.